The number of nitrogens with two attached hydrogens (primary N) is 1. The van der Waals surface area contributed by atoms with Gasteiger partial charge in [0.1, 0.15) is 0 Å². The SMILES string of the molecule is C/C(=C\N)c1ccncc1/C=C/Nc1ccc(CC#N)cc1. The number of benzene rings is 1. The van der Waals surface area contributed by atoms with Crippen molar-refractivity contribution in [1.29, 1.82) is 5.26 Å². The summed E-state index contributed by atoms with van der Waals surface area (Å²) in [6.07, 6.45) is 9.40. The highest BCUT2D eigenvalue weighted by Gasteiger charge is 2.00. The second-order valence-corrected chi connectivity index (χ2v) is 4.82. The van der Waals surface area contributed by atoms with Crippen LogP contribution in [0.2, 0.25) is 0 Å². The largest absolute Gasteiger partial charge is 0.404 e. The lowest BCUT2D eigenvalue weighted by Gasteiger charge is -2.06. The van der Waals surface area contributed by atoms with Crippen LogP contribution in [0.15, 0.2) is 55.1 Å². The highest BCUT2D eigenvalue weighted by Crippen LogP contribution is 2.18. The zero-order chi connectivity index (χ0) is 15.8. The van der Waals surface area contributed by atoms with Crippen LogP contribution in [0.1, 0.15) is 23.6 Å². The Morgan fingerprint density at radius 3 is 2.77 bits per heavy atom. The molecule has 0 fully saturated rings. The Kier molecular flexibility index (Phi) is 5.33. The van der Waals surface area contributed by atoms with E-state index >= 15 is 0 Å². The van der Waals surface area contributed by atoms with E-state index in [1.807, 2.05) is 49.5 Å². The smallest absolute Gasteiger partial charge is 0.0669 e. The van der Waals surface area contributed by atoms with Crippen LogP contribution < -0.4 is 11.1 Å². The van der Waals surface area contributed by atoms with Gasteiger partial charge in [0.25, 0.3) is 0 Å². The first-order valence-corrected chi connectivity index (χ1v) is 6.96. The number of nitrogens with one attached hydrogen (secondary N) is 1. The van der Waals surface area contributed by atoms with E-state index in [0.29, 0.717) is 6.42 Å². The van der Waals surface area contributed by atoms with Crippen molar-refractivity contribution in [3.63, 3.8) is 0 Å². The number of nitriles is 1. The van der Waals surface area contributed by atoms with Crippen molar-refractivity contribution < 1.29 is 0 Å². The molecule has 0 aliphatic heterocycles. The van der Waals surface area contributed by atoms with Gasteiger partial charge in [0.15, 0.2) is 0 Å². The summed E-state index contributed by atoms with van der Waals surface area (Å²) >= 11 is 0. The zero-order valence-corrected chi connectivity index (χ0v) is 12.5. The normalized spacial score (nSPS) is 11.4. The molecule has 1 heterocycles. The average Bonchev–Trinajstić information content (AvgIpc) is 2.56. The van der Waals surface area contributed by atoms with Crippen LogP contribution in [0.3, 0.4) is 0 Å². The third-order valence-corrected chi connectivity index (χ3v) is 3.28. The van der Waals surface area contributed by atoms with E-state index in [-0.39, 0.29) is 0 Å². The van der Waals surface area contributed by atoms with Crippen LogP contribution >= 0.6 is 0 Å². The highest BCUT2D eigenvalue weighted by molar-refractivity contribution is 5.72. The first kappa shape index (κ1) is 15.3. The molecule has 0 amide bonds. The molecule has 0 atom stereocenters. The maximum Gasteiger partial charge on any atom is 0.0669 e. The van der Waals surface area contributed by atoms with Crippen molar-refractivity contribution in [2.75, 3.05) is 5.32 Å². The topological polar surface area (TPSA) is 74.7 Å². The number of aromatic nitrogens is 1. The minimum Gasteiger partial charge on any atom is -0.404 e. The summed E-state index contributed by atoms with van der Waals surface area (Å²) in [6, 6.07) is 11.9. The molecule has 2 rings (SSSR count). The molecule has 110 valence electrons. The summed E-state index contributed by atoms with van der Waals surface area (Å²) in [6.45, 7) is 1.97. The molecular weight excluding hydrogens is 272 g/mol. The van der Waals surface area contributed by atoms with Gasteiger partial charge in [-0.2, -0.15) is 5.26 Å². The summed E-state index contributed by atoms with van der Waals surface area (Å²) in [5.41, 5.74) is 10.6. The highest BCUT2D eigenvalue weighted by atomic mass is 14.8. The first-order chi connectivity index (χ1) is 10.7. The molecule has 3 N–H and O–H groups in total. The quantitative estimate of drug-likeness (QED) is 0.883. The van der Waals surface area contributed by atoms with Crippen LogP contribution in [-0.2, 0) is 6.42 Å². The van der Waals surface area contributed by atoms with Gasteiger partial charge in [-0.3, -0.25) is 4.98 Å². The molecule has 0 aliphatic rings. The maximum atomic E-state index is 8.65. The maximum absolute atomic E-state index is 8.65. The minimum atomic E-state index is 0.430. The summed E-state index contributed by atoms with van der Waals surface area (Å²) in [4.78, 5) is 4.14. The molecule has 0 saturated heterocycles. The lowest BCUT2D eigenvalue weighted by atomic mass is 10.0. The zero-order valence-electron chi connectivity index (χ0n) is 12.5. The molecule has 1 aromatic heterocycles. The predicted molar refractivity (Wildman–Crippen MR) is 90.5 cm³/mol. The van der Waals surface area contributed by atoms with Crippen molar-refractivity contribution in [3.05, 3.63) is 71.8 Å². The lowest BCUT2D eigenvalue weighted by Crippen LogP contribution is -1.92. The van der Waals surface area contributed by atoms with Gasteiger partial charge >= 0.3 is 0 Å². The number of anilines is 1. The standard InChI is InChI=1S/C18H18N4/c1-14(12-20)18-8-10-21-13-16(18)7-11-22-17-4-2-15(3-5-17)6-9-19/h2-5,7-8,10-13,22H,6,20H2,1H3/b11-7+,14-12+. The van der Waals surface area contributed by atoms with E-state index in [4.69, 9.17) is 11.0 Å². The van der Waals surface area contributed by atoms with E-state index in [1.54, 1.807) is 18.6 Å². The molecule has 22 heavy (non-hydrogen) atoms. The molecule has 2 aromatic rings. The van der Waals surface area contributed by atoms with E-state index in [9.17, 15) is 0 Å². The third-order valence-electron chi connectivity index (χ3n) is 3.28. The summed E-state index contributed by atoms with van der Waals surface area (Å²) < 4.78 is 0. The molecule has 4 nitrogen and oxygen atoms in total. The van der Waals surface area contributed by atoms with Crippen LogP contribution in [0, 0.1) is 11.3 Å². The van der Waals surface area contributed by atoms with Gasteiger partial charge in [-0.25, -0.2) is 0 Å². The number of allylic oxidation sites excluding steroid dienone is 1. The molecule has 0 bridgehead atoms. The summed E-state index contributed by atoms with van der Waals surface area (Å²) in [7, 11) is 0. The Hall–Kier alpha value is -3.06. The Balaban J connectivity index is 2.08. The van der Waals surface area contributed by atoms with Gasteiger partial charge in [0, 0.05) is 29.8 Å². The van der Waals surface area contributed by atoms with E-state index < -0.39 is 0 Å². The predicted octanol–water partition coefficient (Wildman–Crippen LogP) is 3.55. The number of pyridine rings is 1. The van der Waals surface area contributed by atoms with Gasteiger partial charge in [-0.05, 0) is 54.1 Å². The Morgan fingerprint density at radius 1 is 1.32 bits per heavy atom. The minimum absolute atomic E-state index is 0.430. The molecule has 1 aromatic carbocycles. The second kappa shape index (κ2) is 7.65. The fourth-order valence-corrected chi connectivity index (χ4v) is 2.03. The average molecular weight is 290 g/mol. The molecule has 0 radical (unpaired) electrons. The van der Waals surface area contributed by atoms with Crippen LogP contribution in [0.25, 0.3) is 11.6 Å². The first-order valence-electron chi connectivity index (χ1n) is 6.96. The molecule has 0 saturated carbocycles. The number of rotatable bonds is 5. The summed E-state index contributed by atoms with van der Waals surface area (Å²) in [5, 5.41) is 11.9. The van der Waals surface area contributed by atoms with Crippen LogP contribution in [-0.4, -0.2) is 4.98 Å². The van der Waals surface area contributed by atoms with E-state index in [1.165, 1.54) is 0 Å². The molecule has 0 unspecified atom stereocenters. The van der Waals surface area contributed by atoms with Gasteiger partial charge in [0.05, 0.1) is 12.5 Å². The Morgan fingerprint density at radius 2 is 2.09 bits per heavy atom. The summed E-state index contributed by atoms with van der Waals surface area (Å²) in [5.74, 6) is 0. The Bertz CT molecular complexity index is 721. The van der Waals surface area contributed by atoms with E-state index in [0.717, 1.165) is 28.0 Å². The van der Waals surface area contributed by atoms with Crippen molar-refractivity contribution in [1.82, 2.24) is 4.98 Å². The molecular formula is C18H18N4. The number of nitrogens with zero attached hydrogens (tertiary/aromatic N) is 2. The fraction of sp³-hybridized carbons (Fsp3) is 0.111. The van der Waals surface area contributed by atoms with Crippen molar-refractivity contribution in [2.24, 2.45) is 5.73 Å². The monoisotopic (exact) mass is 290 g/mol. The van der Waals surface area contributed by atoms with Gasteiger partial charge in [-0.1, -0.05) is 12.1 Å². The van der Waals surface area contributed by atoms with Crippen molar-refractivity contribution in [2.45, 2.75) is 13.3 Å². The van der Waals surface area contributed by atoms with Gasteiger partial charge < -0.3 is 11.1 Å². The van der Waals surface area contributed by atoms with Crippen molar-refractivity contribution >= 4 is 17.3 Å². The second-order valence-electron chi connectivity index (χ2n) is 4.82. The molecule has 4 heteroatoms. The van der Waals surface area contributed by atoms with E-state index in [2.05, 4.69) is 16.4 Å². The molecule has 0 spiro atoms. The van der Waals surface area contributed by atoms with Crippen LogP contribution in [0.4, 0.5) is 5.69 Å². The fourth-order valence-electron chi connectivity index (χ4n) is 2.03. The third kappa shape index (κ3) is 3.97. The van der Waals surface area contributed by atoms with Gasteiger partial charge in [-0.15, -0.1) is 0 Å². The molecule has 0 aliphatic carbocycles. The van der Waals surface area contributed by atoms with Crippen LogP contribution in [0.5, 0.6) is 0 Å². The number of hydrogen-bond donors (Lipinski definition) is 2. The Labute approximate surface area is 130 Å². The van der Waals surface area contributed by atoms with Crippen molar-refractivity contribution in [3.8, 4) is 6.07 Å². The lowest BCUT2D eigenvalue weighted by molar-refractivity contribution is 1.26. The van der Waals surface area contributed by atoms with Gasteiger partial charge in [0.2, 0.25) is 0 Å². The number of hydrogen-bond acceptors (Lipinski definition) is 4.